The molecule has 0 aliphatic heterocycles. The first-order valence-electron chi connectivity index (χ1n) is 6.67. The molecule has 1 N–H and O–H groups in total. The summed E-state index contributed by atoms with van der Waals surface area (Å²) in [6, 6.07) is 12.7. The Kier molecular flexibility index (Phi) is 4.01. The topological polar surface area (TPSA) is 85.5 Å². The van der Waals surface area contributed by atoms with E-state index in [4.69, 9.17) is 14.4 Å². The van der Waals surface area contributed by atoms with Crippen molar-refractivity contribution in [2.45, 2.75) is 0 Å². The lowest BCUT2D eigenvalue weighted by Crippen LogP contribution is -2.09. The van der Waals surface area contributed by atoms with Crippen LogP contribution in [-0.4, -0.2) is 27.8 Å². The van der Waals surface area contributed by atoms with Crippen LogP contribution in [0.3, 0.4) is 0 Å². The number of rotatable bonds is 5. The SMILES string of the molecule is O=C(O)COc1cccc(-c2nc(-c3ccccc3F)no2)c1. The molecule has 3 rings (SSSR count). The van der Waals surface area contributed by atoms with E-state index in [1.165, 1.54) is 6.07 Å². The van der Waals surface area contributed by atoms with Crippen LogP contribution in [0.1, 0.15) is 0 Å². The highest BCUT2D eigenvalue weighted by molar-refractivity contribution is 5.68. The van der Waals surface area contributed by atoms with E-state index >= 15 is 0 Å². The highest BCUT2D eigenvalue weighted by Crippen LogP contribution is 2.26. The molecule has 0 aliphatic rings. The zero-order chi connectivity index (χ0) is 16.2. The van der Waals surface area contributed by atoms with Gasteiger partial charge in [0.15, 0.2) is 6.61 Å². The number of ether oxygens (including phenoxy) is 1. The number of carboxylic acids is 1. The van der Waals surface area contributed by atoms with Gasteiger partial charge in [0.2, 0.25) is 5.82 Å². The van der Waals surface area contributed by atoms with Crippen LogP contribution in [0.25, 0.3) is 22.8 Å². The molecular weight excluding hydrogens is 303 g/mol. The molecule has 0 fully saturated rings. The Balaban J connectivity index is 1.87. The van der Waals surface area contributed by atoms with E-state index in [2.05, 4.69) is 10.1 Å². The maximum absolute atomic E-state index is 13.7. The summed E-state index contributed by atoms with van der Waals surface area (Å²) in [6.45, 7) is -0.451. The van der Waals surface area contributed by atoms with Crippen LogP contribution in [-0.2, 0) is 4.79 Å². The lowest BCUT2D eigenvalue weighted by molar-refractivity contribution is -0.139. The Morgan fingerprint density at radius 2 is 2.04 bits per heavy atom. The smallest absolute Gasteiger partial charge is 0.341 e. The number of hydrogen-bond acceptors (Lipinski definition) is 5. The quantitative estimate of drug-likeness (QED) is 0.779. The van der Waals surface area contributed by atoms with Crippen LogP contribution in [0.5, 0.6) is 5.75 Å². The van der Waals surface area contributed by atoms with Gasteiger partial charge in [-0.1, -0.05) is 23.4 Å². The summed E-state index contributed by atoms with van der Waals surface area (Å²) in [5.41, 5.74) is 0.781. The Morgan fingerprint density at radius 3 is 2.83 bits per heavy atom. The van der Waals surface area contributed by atoms with Crippen molar-refractivity contribution >= 4 is 5.97 Å². The number of aliphatic carboxylic acids is 1. The van der Waals surface area contributed by atoms with Gasteiger partial charge in [-0.05, 0) is 30.3 Å². The van der Waals surface area contributed by atoms with Crippen molar-refractivity contribution in [1.82, 2.24) is 10.1 Å². The van der Waals surface area contributed by atoms with Crippen molar-refractivity contribution in [2.24, 2.45) is 0 Å². The largest absolute Gasteiger partial charge is 0.482 e. The summed E-state index contributed by atoms with van der Waals surface area (Å²) in [5, 5.41) is 12.4. The summed E-state index contributed by atoms with van der Waals surface area (Å²) in [4.78, 5) is 14.7. The van der Waals surface area contributed by atoms with Crippen molar-refractivity contribution in [3.8, 4) is 28.6 Å². The third kappa shape index (κ3) is 3.34. The van der Waals surface area contributed by atoms with Crippen LogP contribution in [0.2, 0.25) is 0 Å². The molecule has 0 bridgehead atoms. The van der Waals surface area contributed by atoms with Crippen LogP contribution in [0.15, 0.2) is 53.1 Å². The van der Waals surface area contributed by atoms with Crippen LogP contribution in [0.4, 0.5) is 4.39 Å². The molecule has 0 radical (unpaired) electrons. The minimum absolute atomic E-state index is 0.134. The maximum Gasteiger partial charge on any atom is 0.341 e. The van der Waals surface area contributed by atoms with E-state index in [1.54, 1.807) is 42.5 Å². The molecular formula is C16H11FN2O4. The number of nitrogens with zero attached hydrogens (tertiary/aromatic N) is 2. The Bertz CT molecular complexity index is 847. The summed E-state index contributed by atoms with van der Waals surface area (Å²) >= 11 is 0. The molecule has 0 aliphatic carbocycles. The molecule has 3 aromatic rings. The van der Waals surface area contributed by atoms with E-state index in [0.717, 1.165) is 0 Å². The molecule has 0 saturated heterocycles. The molecule has 0 spiro atoms. The number of carbonyl (C=O) groups is 1. The Hall–Kier alpha value is -3.22. The standard InChI is InChI=1S/C16H11FN2O4/c17-13-7-2-1-6-12(13)15-18-16(23-19-15)10-4-3-5-11(8-10)22-9-14(20)21/h1-8H,9H2,(H,20,21). The molecule has 1 heterocycles. The van der Waals surface area contributed by atoms with Crippen LogP contribution < -0.4 is 4.74 Å². The molecule has 0 atom stereocenters. The number of aromatic nitrogens is 2. The first-order chi connectivity index (χ1) is 11.1. The normalized spacial score (nSPS) is 10.5. The van der Waals surface area contributed by atoms with E-state index in [-0.39, 0.29) is 17.3 Å². The van der Waals surface area contributed by atoms with Gasteiger partial charge in [0.05, 0.1) is 5.56 Å². The fourth-order valence-corrected chi connectivity index (χ4v) is 1.96. The summed E-state index contributed by atoms with van der Waals surface area (Å²) in [7, 11) is 0. The molecule has 2 aromatic carbocycles. The highest BCUT2D eigenvalue weighted by Gasteiger charge is 2.14. The minimum Gasteiger partial charge on any atom is -0.482 e. The molecule has 1 aromatic heterocycles. The fraction of sp³-hybridized carbons (Fsp3) is 0.0625. The zero-order valence-corrected chi connectivity index (χ0v) is 11.8. The maximum atomic E-state index is 13.7. The molecule has 23 heavy (non-hydrogen) atoms. The van der Waals surface area contributed by atoms with Gasteiger partial charge in [-0.15, -0.1) is 0 Å². The monoisotopic (exact) mass is 314 g/mol. The first-order valence-corrected chi connectivity index (χ1v) is 6.67. The van der Waals surface area contributed by atoms with Gasteiger partial charge >= 0.3 is 5.97 Å². The molecule has 6 nitrogen and oxygen atoms in total. The summed E-state index contributed by atoms with van der Waals surface area (Å²) < 4.78 is 24.0. The second-order valence-electron chi connectivity index (χ2n) is 4.61. The van der Waals surface area contributed by atoms with E-state index in [1.807, 2.05) is 0 Å². The van der Waals surface area contributed by atoms with Crippen molar-refractivity contribution in [3.05, 3.63) is 54.3 Å². The zero-order valence-electron chi connectivity index (χ0n) is 11.8. The average molecular weight is 314 g/mol. The fourth-order valence-electron chi connectivity index (χ4n) is 1.96. The molecule has 0 unspecified atom stereocenters. The van der Waals surface area contributed by atoms with E-state index in [0.29, 0.717) is 11.3 Å². The molecule has 7 heteroatoms. The predicted molar refractivity (Wildman–Crippen MR) is 78.3 cm³/mol. The summed E-state index contributed by atoms with van der Waals surface area (Å²) in [5.74, 6) is -0.844. The van der Waals surface area contributed by atoms with Crippen molar-refractivity contribution < 1.29 is 23.6 Å². The number of hydrogen-bond donors (Lipinski definition) is 1. The van der Waals surface area contributed by atoms with Crippen LogP contribution >= 0.6 is 0 Å². The third-order valence-electron chi connectivity index (χ3n) is 2.98. The van der Waals surface area contributed by atoms with Crippen molar-refractivity contribution in [3.63, 3.8) is 0 Å². The van der Waals surface area contributed by atoms with Gasteiger partial charge < -0.3 is 14.4 Å². The van der Waals surface area contributed by atoms with Gasteiger partial charge in [-0.25, -0.2) is 9.18 Å². The lowest BCUT2D eigenvalue weighted by Gasteiger charge is -2.03. The summed E-state index contributed by atoms with van der Waals surface area (Å²) in [6.07, 6.45) is 0. The second kappa shape index (κ2) is 6.27. The number of carboxylic acid groups (broad SMARTS) is 1. The first kappa shape index (κ1) is 14.7. The van der Waals surface area contributed by atoms with Gasteiger partial charge in [-0.3, -0.25) is 0 Å². The molecule has 0 saturated carbocycles. The average Bonchev–Trinajstić information content (AvgIpc) is 3.03. The highest BCUT2D eigenvalue weighted by atomic mass is 19.1. The minimum atomic E-state index is -1.07. The predicted octanol–water partition coefficient (Wildman–Crippen LogP) is 3.01. The number of halogens is 1. The second-order valence-corrected chi connectivity index (χ2v) is 4.61. The number of benzene rings is 2. The molecule has 0 amide bonds. The Morgan fingerprint density at radius 1 is 1.22 bits per heavy atom. The van der Waals surface area contributed by atoms with Crippen LogP contribution in [0, 0.1) is 5.82 Å². The van der Waals surface area contributed by atoms with Gasteiger partial charge in [0, 0.05) is 5.56 Å². The van der Waals surface area contributed by atoms with Crippen molar-refractivity contribution in [1.29, 1.82) is 0 Å². The van der Waals surface area contributed by atoms with Crippen molar-refractivity contribution in [2.75, 3.05) is 6.61 Å². The molecule has 116 valence electrons. The van der Waals surface area contributed by atoms with E-state index < -0.39 is 18.4 Å². The van der Waals surface area contributed by atoms with Gasteiger partial charge in [-0.2, -0.15) is 4.98 Å². The lowest BCUT2D eigenvalue weighted by atomic mass is 10.2. The van der Waals surface area contributed by atoms with Gasteiger partial charge in [0.1, 0.15) is 11.6 Å². The third-order valence-corrected chi connectivity index (χ3v) is 2.98. The Labute approximate surface area is 130 Å². The van der Waals surface area contributed by atoms with Gasteiger partial charge in [0.25, 0.3) is 5.89 Å². The van der Waals surface area contributed by atoms with E-state index in [9.17, 15) is 9.18 Å².